The highest BCUT2D eigenvalue weighted by Crippen LogP contribution is 2.36. The van der Waals surface area contributed by atoms with E-state index >= 15 is 0 Å². The van der Waals surface area contributed by atoms with Crippen LogP contribution in [0.2, 0.25) is 0 Å². The summed E-state index contributed by atoms with van der Waals surface area (Å²) in [7, 11) is 2.33. The molecule has 0 aliphatic heterocycles. The summed E-state index contributed by atoms with van der Waals surface area (Å²) in [6, 6.07) is 1.88. The van der Waals surface area contributed by atoms with Gasteiger partial charge in [0.05, 0.1) is 19.8 Å². The molecule has 0 saturated carbocycles. The van der Waals surface area contributed by atoms with Crippen molar-refractivity contribution in [3.05, 3.63) is 26.8 Å². The molecular formula is C10H8F3IO3. The molecule has 0 aliphatic carbocycles. The lowest BCUT2D eigenvalue weighted by molar-refractivity contribution is -0.138. The first-order chi connectivity index (χ1) is 7.81. The molecule has 7 heteroatoms. The predicted molar refractivity (Wildman–Crippen MR) is 62.1 cm³/mol. The number of hydrogen-bond donors (Lipinski definition) is 0. The van der Waals surface area contributed by atoms with Gasteiger partial charge in [-0.1, -0.05) is 0 Å². The van der Waals surface area contributed by atoms with Crippen LogP contribution in [0.4, 0.5) is 13.2 Å². The van der Waals surface area contributed by atoms with Crippen molar-refractivity contribution < 1.29 is 27.4 Å². The third-order valence-corrected chi connectivity index (χ3v) is 2.89. The van der Waals surface area contributed by atoms with Crippen molar-refractivity contribution >= 4 is 28.6 Å². The van der Waals surface area contributed by atoms with E-state index in [1.54, 1.807) is 0 Å². The molecule has 0 spiro atoms. The molecule has 0 saturated heterocycles. The predicted octanol–water partition coefficient (Wildman–Crippen LogP) is 3.11. The minimum atomic E-state index is -4.49. The third-order valence-electron chi connectivity index (χ3n) is 2.00. The number of esters is 1. The summed E-state index contributed by atoms with van der Waals surface area (Å²) in [5, 5.41) is 0. The molecule has 0 heterocycles. The Morgan fingerprint density at radius 3 is 2.29 bits per heavy atom. The number of carbonyl (C=O) groups is 1. The van der Waals surface area contributed by atoms with Crippen LogP contribution in [0.5, 0.6) is 5.75 Å². The Hall–Kier alpha value is -0.990. The second-order valence-electron chi connectivity index (χ2n) is 3.02. The molecule has 1 aromatic carbocycles. The van der Waals surface area contributed by atoms with E-state index in [4.69, 9.17) is 4.74 Å². The van der Waals surface area contributed by atoms with E-state index in [0.29, 0.717) is 0 Å². The zero-order chi connectivity index (χ0) is 13.2. The van der Waals surface area contributed by atoms with E-state index in [-0.39, 0.29) is 14.9 Å². The van der Waals surface area contributed by atoms with Crippen LogP contribution in [0.1, 0.15) is 15.9 Å². The zero-order valence-corrected chi connectivity index (χ0v) is 11.0. The Morgan fingerprint density at radius 1 is 1.29 bits per heavy atom. The van der Waals surface area contributed by atoms with Gasteiger partial charge in [-0.05, 0) is 34.7 Å². The van der Waals surface area contributed by atoms with Crippen LogP contribution in [0.15, 0.2) is 12.1 Å². The summed E-state index contributed by atoms with van der Waals surface area (Å²) in [5.74, 6) is -0.905. The number of methoxy groups -OCH3 is 2. The molecule has 3 nitrogen and oxygen atoms in total. The lowest BCUT2D eigenvalue weighted by Gasteiger charge is -2.13. The Bertz CT molecular complexity index is 443. The van der Waals surface area contributed by atoms with Crippen LogP contribution in [0.25, 0.3) is 0 Å². The number of rotatable bonds is 2. The molecule has 94 valence electrons. The fourth-order valence-corrected chi connectivity index (χ4v) is 1.98. The van der Waals surface area contributed by atoms with E-state index in [9.17, 15) is 18.0 Å². The molecule has 0 amide bonds. The molecule has 0 fully saturated rings. The largest absolute Gasteiger partial charge is 0.496 e. The van der Waals surface area contributed by atoms with Crippen molar-refractivity contribution in [1.82, 2.24) is 0 Å². The van der Waals surface area contributed by atoms with Gasteiger partial charge in [-0.25, -0.2) is 4.79 Å². The van der Waals surface area contributed by atoms with Crippen molar-refractivity contribution in [3.8, 4) is 5.75 Å². The molecule has 0 unspecified atom stereocenters. The van der Waals surface area contributed by atoms with Gasteiger partial charge in [-0.15, -0.1) is 0 Å². The van der Waals surface area contributed by atoms with Crippen molar-refractivity contribution in [3.63, 3.8) is 0 Å². The van der Waals surface area contributed by atoms with E-state index in [1.165, 1.54) is 29.7 Å². The standard InChI is InChI=1S/C10H8F3IO3/c1-16-8-4-6(10(11,12)13)7(14)3-5(8)9(15)17-2/h3-4H,1-2H3. The Morgan fingerprint density at radius 2 is 1.88 bits per heavy atom. The summed E-state index contributed by atoms with van der Waals surface area (Å²) in [4.78, 5) is 11.3. The van der Waals surface area contributed by atoms with Crippen LogP contribution in [-0.4, -0.2) is 20.2 Å². The van der Waals surface area contributed by atoms with E-state index < -0.39 is 17.7 Å². The summed E-state index contributed by atoms with van der Waals surface area (Å²) in [6.07, 6.45) is -4.49. The van der Waals surface area contributed by atoms with Gasteiger partial charge in [-0.2, -0.15) is 13.2 Å². The van der Waals surface area contributed by atoms with Gasteiger partial charge in [-0.3, -0.25) is 0 Å². The summed E-state index contributed by atoms with van der Waals surface area (Å²) >= 11 is 1.51. The van der Waals surface area contributed by atoms with Crippen LogP contribution >= 0.6 is 22.6 Å². The first-order valence-corrected chi connectivity index (χ1v) is 5.42. The quantitative estimate of drug-likeness (QED) is 0.601. The molecule has 17 heavy (non-hydrogen) atoms. The third kappa shape index (κ3) is 3.02. The zero-order valence-electron chi connectivity index (χ0n) is 8.89. The van der Waals surface area contributed by atoms with Crippen molar-refractivity contribution in [1.29, 1.82) is 0 Å². The van der Waals surface area contributed by atoms with Crippen molar-refractivity contribution in [2.75, 3.05) is 14.2 Å². The number of hydrogen-bond acceptors (Lipinski definition) is 3. The maximum atomic E-state index is 12.6. The lowest BCUT2D eigenvalue weighted by atomic mass is 10.1. The summed E-state index contributed by atoms with van der Waals surface area (Å²) < 4.78 is 46.9. The van der Waals surface area contributed by atoms with Crippen LogP contribution in [-0.2, 0) is 10.9 Å². The summed E-state index contributed by atoms with van der Waals surface area (Å²) in [6.45, 7) is 0. The molecule has 0 N–H and O–H groups in total. The maximum absolute atomic E-state index is 12.6. The van der Waals surface area contributed by atoms with Gasteiger partial charge in [0.1, 0.15) is 11.3 Å². The molecule has 1 rings (SSSR count). The van der Waals surface area contributed by atoms with Crippen LogP contribution in [0.3, 0.4) is 0 Å². The minimum Gasteiger partial charge on any atom is -0.496 e. The molecule has 0 bridgehead atoms. The average Bonchev–Trinajstić information content (AvgIpc) is 2.26. The fraction of sp³-hybridized carbons (Fsp3) is 0.300. The topological polar surface area (TPSA) is 35.5 Å². The van der Waals surface area contributed by atoms with Crippen LogP contribution < -0.4 is 4.74 Å². The van der Waals surface area contributed by atoms with E-state index in [2.05, 4.69) is 4.74 Å². The Balaban J connectivity index is 3.40. The van der Waals surface area contributed by atoms with E-state index in [1.807, 2.05) is 0 Å². The SMILES string of the molecule is COC(=O)c1cc(I)c(C(F)(F)F)cc1OC. The van der Waals surface area contributed by atoms with Gasteiger partial charge in [0.2, 0.25) is 0 Å². The average molecular weight is 360 g/mol. The smallest absolute Gasteiger partial charge is 0.417 e. The van der Waals surface area contributed by atoms with Gasteiger partial charge in [0.25, 0.3) is 0 Å². The van der Waals surface area contributed by atoms with E-state index in [0.717, 1.165) is 19.2 Å². The minimum absolute atomic E-state index is 0.0348. The first-order valence-electron chi connectivity index (χ1n) is 4.34. The molecule has 0 radical (unpaired) electrons. The first kappa shape index (κ1) is 14.1. The molecule has 0 aromatic heterocycles. The van der Waals surface area contributed by atoms with Gasteiger partial charge in [0, 0.05) is 3.57 Å². The highest BCUT2D eigenvalue weighted by molar-refractivity contribution is 14.1. The number of benzene rings is 1. The maximum Gasteiger partial charge on any atom is 0.417 e. The normalized spacial score (nSPS) is 11.2. The number of halogens is 4. The monoisotopic (exact) mass is 360 g/mol. The second-order valence-corrected chi connectivity index (χ2v) is 4.18. The molecule has 0 atom stereocenters. The van der Waals surface area contributed by atoms with Gasteiger partial charge in [0.15, 0.2) is 0 Å². The summed E-state index contributed by atoms with van der Waals surface area (Å²) in [5.41, 5.74) is -0.880. The number of carbonyl (C=O) groups excluding carboxylic acids is 1. The fourth-order valence-electron chi connectivity index (χ4n) is 1.21. The van der Waals surface area contributed by atoms with Gasteiger partial charge < -0.3 is 9.47 Å². The highest BCUT2D eigenvalue weighted by Gasteiger charge is 2.34. The highest BCUT2D eigenvalue weighted by atomic mass is 127. The van der Waals surface area contributed by atoms with Crippen molar-refractivity contribution in [2.24, 2.45) is 0 Å². The Kier molecular flexibility index (Phi) is 4.23. The molecular weight excluding hydrogens is 352 g/mol. The number of ether oxygens (including phenoxy) is 2. The Labute approximate surface area is 109 Å². The molecule has 0 aliphatic rings. The lowest BCUT2D eigenvalue weighted by Crippen LogP contribution is -2.11. The second kappa shape index (κ2) is 5.11. The molecule has 1 aromatic rings. The number of alkyl halides is 3. The van der Waals surface area contributed by atoms with Crippen LogP contribution in [0, 0.1) is 3.57 Å². The van der Waals surface area contributed by atoms with Gasteiger partial charge >= 0.3 is 12.1 Å². The van der Waals surface area contributed by atoms with Crippen molar-refractivity contribution in [2.45, 2.75) is 6.18 Å².